The highest BCUT2D eigenvalue weighted by molar-refractivity contribution is 7.14. The fourth-order valence-electron chi connectivity index (χ4n) is 3.67. The molecule has 2 fully saturated rings. The van der Waals surface area contributed by atoms with E-state index in [-0.39, 0.29) is 24.1 Å². The molecule has 166 valence electrons. The number of thiazole rings is 1. The molecule has 2 aliphatic heterocycles. The lowest BCUT2D eigenvalue weighted by Gasteiger charge is -2.36. The molecule has 31 heavy (non-hydrogen) atoms. The number of urea groups is 1. The zero-order chi connectivity index (χ0) is 21.1. The van der Waals surface area contributed by atoms with Crippen molar-refractivity contribution in [3.8, 4) is 0 Å². The fraction of sp³-hybridized carbons (Fsp3) is 0.400. The van der Waals surface area contributed by atoms with Crippen LogP contribution in [0.3, 0.4) is 0 Å². The second kappa shape index (κ2) is 9.97. The third kappa shape index (κ3) is 5.26. The molecular formula is C20H25ClN6O3S. The maximum absolute atomic E-state index is 12.8. The van der Waals surface area contributed by atoms with Crippen molar-refractivity contribution in [2.75, 3.05) is 54.4 Å². The van der Waals surface area contributed by atoms with Crippen molar-refractivity contribution in [1.29, 1.82) is 0 Å². The number of amides is 3. The second-order valence-electron chi connectivity index (χ2n) is 7.32. The lowest BCUT2D eigenvalue weighted by Crippen LogP contribution is -2.50. The second-order valence-corrected chi connectivity index (χ2v) is 8.16. The summed E-state index contributed by atoms with van der Waals surface area (Å²) in [5.74, 6) is 0.00264. The summed E-state index contributed by atoms with van der Waals surface area (Å²) in [5, 5.41) is 5.48. The van der Waals surface area contributed by atoms with Crippen LogP contribution in [0.5, 0.6) is 0 Å². The van der Waals surface area contributed by atoms with E-state index in [2.05, 4.69) is 20.1 Å². The van der Waals surface area contributed by atoms with E-state index in [1.54, 1.807) is 10.3 Å². The van der Waals surface area contributed by atoms with E-state index >= 15 is 0 Å². The molecular weight excluding hydrogens is 440 g/mol. The number of carbonyl (C=O) groups is 3. The Hall–Kier alpha value is -2.85. The monoisotopic (exact) mass is 464 g/mol. The van der Waals surface area contributed by atoms with Crippen LogP contribution in [0.25, 0.3) is 0 Å². The number of rotatable bonds is 4. The van der Waals surface area contributed by atoms with Crippen molar-refractivity contribution in [3.05, 3.63) is 35.3 Å². The van der Waals surface area contributed by atoms with Gasteiger partial charge >= 0.3 is 6.03 Å². The number of nitrogens with two attached hydrogens (primary N) is 1. The number of piperidine rings is 1. The minimum absolute atomic E-state index is 0. The van der Waals surface area contributed by atoms with E-state index in [1.807, 2.05) is 24.3 Å². The van der Waals surface area contributed by atoms with Crippen LogP contribution in [0.15, 0.2) is 29.6 Å². The standard InChI is InChI=1S/C20H24N6O3S.ClH/c21-19(29)25-11-9-24(10-12-25)17-4-2-1-3-15(17)22-18(28)16-13-30-20(23-16)26-7-5-14(27)6-8-26;/h1-4,13H,5-12H2,(H2,21,29)(H,22,28);1H. The van der Waals surface area contributed by atoms with Crippen LogP contribution in [0.4, 0.5) is 21.3 Å². The molecule has 0 saturated carbocycles. The Morgan fingerprint density at radius 2 is 1.68 bits per heavy atom. The largest absolute Gasteiger partial charge is 0.366 e. The van der Waals surface area contributed by atoms with Gasteiger partial charge in [0.25, 0.3) is 5.91 Å². The normalized spacial score (nSPS) is 16.6. The van der Waals surface area contributed by atoms with Gasteiger partial charge in [0, 0.05) is 57.5 Å². The van der Waals surface area contributed by atoms with Gasteiger partial charge < -0.3 is 25.8 Å². The molecule has 2 aromatic rings. The zero-order valence-corrected chi connectivity index (χ0v) is 18.6. The van der Waals surface area contributed by atoms with E-state index in [4.69, 9.17) is 5.73 Å². The molecule has 0 aliphatic carbocycles. The Bertz CT molecular complexity index is 950. The lowest BCUT2D eigenvalue weighted by atomic mass is 10.1. The summed E-state index contributed by atoms with van der Waals surface area (Å²) in [6, 6.07) is 7.19. The van der Waals surface area contributed by atoms with Gasteiger partial charge in [0.05, 0.1) is 11.4 Å². The van der Waals surface area contributed by atoms with Gasteiger partial charge in [-0.25, -0.2) is 9.78 Å². The molecule has 1 aromatic carbocycles. The number of Topliss-reactive ketones (excluding diaryl/α,β-unsaturated/α-hetero) is 1. The van der Waals surface area contributed by atoms with Gasteiger partial charge in [-0.15, -0.1) is 23.7 Å². The van der Waals surface area contributed by atoms with Crippen molar-refractivity contribution < 1.29 is 14.4 Å². The Morgan fingerprint density at radius 3 is 2.35 bits per heavy atom. The van der Waals surface area contributed by atoms with Crippen molar-refractivity contribution in [3.63, 3.8) is 0 Å². The number of primary amides is 1. The van der Waals surface area contributed by atoms with Crippen molar-refractivity contribution in [2.45, 2.75) is 12.8 Å². The summed E-state index contributed by atoms with van der Waals surface area (Å²) in [6.45, 7) is 3.67. The minimum atomic E-state index is -0.409. The predicted octanol–water partition coefficient (Wildman–Crippen LogP) is 2.19. The Balaban J connectivity index is 0.00000272. The van der Waals surface area contributed by atoms with E-state index in [0.717, 1.165) is 10.8 Å². The summed E-state index contributed by atoms with van der Waals surface area (Å²) in [7, 11) is 0. The van der Waals surface area contributed by atoms with Crippen LogP contribution in [-0.2, 0) is 4.79 Å². The molecule has 1 aromatic heterocycles. The maximum atomic E-state index is 12.8. The van der Waals surface area contributed by atoms with E-state index in [9.17, 15) is 14.4 Å². The van der Waals surface area contributed by atoms with Crippen molar-refractivity contribution in [2.24, 2.45) is 5.73 Å². The van der Waals surface area contributed by atoms with Crippen molar-refractivity contribution >= 4 is 58.0 Å². The van der Waals surface area contributed by atoms with Gasteiger partial charge in [0.1, 0.15) is 11.5 Å². The van der Waals surface area contributed by atoms with Crippen LogP contribution < -0.4 is 20.9 Å². The van der Waals surface area contributed by atoms with Crippen LogP contribution in [-0.4, -0.2) is 66.9 Å². The summed E-state index contributed by atoms with van der Waals surface area (Å²) in [5.41, 5.74) is 7.33. The van der Waals surface area contributed by atoms with Gasteiger partial charge in [-0.05, 0) is 12.1 Å². The number of aromatic nitrogens is 1. The maximum Gasteiger partial charge on any atom is 0.314 e. The quantitative estimate of drug-likeness (QED) is 0.717. The highest BCUT2D eigenvalue weighted by Gasteiger charge is 2.23. The number of anilines is 3. The topological polar surface area (TPSA) is 112 Å². The highest BCUT2D eigenvalue weighted by atomic mass is 35.5. The van der Waals surface area contributed by atoms with Crippen LogP contribution >= 0.6 is 23.7 Å². The van der Waals surface area contributed by atoms with Gasteiger partial charge in [0.15, 0.2) is 5.13 Å². The number of benzene rings is 1. The SMILES string of the molecule is Cl.NC(=O)N1CCN(c2ccccc2NC(=O)c2csc(N3CCC(=O)CC3)n2)CC1. The first-order valence-corrected chi connectivity index (χ1v) is 10.8. The Morgan fingerprint density at radius 1 is 1.00 bits per heavy atom. The first kappa shape index (κ1) is 22.8. The average molecular weight is 465 g/mol. The van der Waals surface area contributed by atoms with Gasteiger partial charge in [-0.3, -0.25) is 9.59 Å². The number of hydrogen-bond acceptors (Lipinski definition) is 7. The van der Waals surface area contributed by atoms with E-state index in [1.165, 1.54) is 11.3 Å². The zero-order valence-electron chi connectivity index (χ0n) is 17.0. The summed E-state index contributed by atoms with van der Waals surface area (Å²) in [4.78, 5) is 45.9. The van der Waals surface area contributed by atoms with E-state index in [0.29, 0.717) is 63.5 Å². The van der Waals surface area contributed by atoms with Gasteiger partial charge in [-0.1, -0.05) is 12.1 Å². The molecule has 0 unspecified atom stereocenters. The molecule has 4 rings (SSSR count). The highest BCUT2D eigenvalue weighted by Crippen LogP contribution is 2.28. The number of piperazine rings is 1. The molecule has 11 heteroatoms. The number of para-hydroxylation sites is 2. The Labute approximate surface area is 190 Å². The Kier molecular flexibility index (Phi) is 7.34. The average Bonchev–Trinajstić information content (AvgIpc) is 3.25. The van der Waals surface area contributed by atoms with Crippen molar-refractivity contribution in [1.82, 2.24) is 9.88 Å². The molecule has 9 nitrogen and oxygen atoms in total. The smallest absolute Gasteiger partial charge is 0.314 e. The summed E-state index contributed by atoms with van der Waals surface area (Å²) >= 11 is 1.41. The van der Waals surface area contributed by atoms with Gasteiger partial charge in [0.2, 0.25) is 0 Å². The summed E-state index contributed by atoms with van der Waals surface area (Å²) < 4.78 is 0. The number of ketones is 1. The fourth-order valence-corrected chi connectivity index (χ4v) is 4.53. The molecule has 2 aliphatic rings. The molecule has 0 atom stereocenters. The number of hydrogen-bond donors (Lipinski definition) is 2. The number of halogens is 1. The third-order valence-corrected chi connectivity index (χ3v) is 6.30. The lowest BCUT2D eigenvalue weighted by molar-refractivity contribution is -0.119. The summed E-state index contributed by atoms with van der Waals surface area (Å²) in [6.07, 6.45) is 1.05. The first-order valence-electron chi connectivity index (χ1n) is 9.93. The molecule has 0 radical (unpaired) electrons. The molecule has 3 heterocycles. The number of nitrogens with zero attached hydrogens (tertiary/aromatic N) is 4. The molecule has 3 amide bonds. The third-order valence-electron chi connectivity index (χ3n) is 5.40. The first-order chi connectivity index (χ1) is 14.5. The number of carbonyl (C=O) groups excluding carboxylic acids is 3. The molecule has 0 spiro atoms. The number of nitrogens with one attached hydrogen (secondary N) is 1. The van der Waals surface area contributed by atoms with Crippen LogP contribution in [0.1, 0.15) is 23.3 Å². The molecule has 3 N–H and O–H groups in total. The minimum Gasteiger partial charge on any atom is -0.366 e. The van der Waals surface area contributed by atoms with E-state index < -0.39 is 6.03 Å². The molecule has 0 bridgehead atoms. The van der Waals surface area contributed by atoms with Crippen LogP contribution in [0.2, 0.25) is 0 Å². The van der Waals surface area contributed by atoms with Crippen LogP contribution in [0, 0.1) is 0 Å². The predicted molar refractivity (Wildman–Crippen MR) is 124 cm³/mol. The van der Waals surface area contributed by atoms with Gasteiger partial charge in [-0.2, -0.15) is 0 Å². The molecule has 2 saturated heterocycles.